The third kappa shape index (κ3) is 6.40. The molecule has 1 saturated carbocycles. The molecule has 0 aromatic rings. The van der Waals surface area contributed by atoms with E-state index in [-0.39, 0.29) is 11.9 Å². The summed E-state index contributed by atoms with van der Waals surface area (Å²) in [5.41, 5.74) is 5.38. The van der Waals surface area contributed by atoms with E-state index < -0.39 is 6.10 Å². The highest BCUT2D eigenvalue weighted by molar-refractivity contribution is 5.80. The predicted octanol–water partition coefficient (Wildman–Crippen LogP) is 1.59. The number of rotatable bonds is 3. The summed E-state index contributed by atoms with van der Waals surface area (Å²) in [6.07, 6.45) is 11.5. The van der Waals surface area contributed by atoms with E-state index in [0.717, 1.165) is 19.6 Å². The van der Waals surface area contributed by atoms with E-state index in [4.69, 9.17) is 5.73 Å². The first-order chi connectivity index (χ1) is 11.1. The van der Waals surface area contributed by atoms with Crippen LogP contribution in [-0.2, 0) is 4.79 Å². The van der Waals surface area contributed by atoms with Crippen molar-refractivity contribution in [3.63, 3.8) is 0 Å². The molecule has 2 unspecified atom stereocenters. The second kappa shape index (κ2) is 9.60. The van der Waals surface area contributed by atoms with Gasteiger partial charge < -0.3 is 15.7 Å². The normalized spacial score (nSPS) is 30.7. The fourth-order valence-electron chi connectivity index (χ4n) is 4.01. The van der Waals surface area contributed by atoms with Crippen molar-refractivity contribution in [2.75, 3.05) is 33.2 Å². The van der Waals surface area contributed by atoms with Gasteiger partial charge in [-0.3, -0.25) is 9.69 Å². The highest BCUT2D eigenvalue weighted by Gasteiger charge is 2.35. The first-order valence-corrected chi connectivity index (χ1v) is 9.46. The molecular weight excluding hydrogens is 290 g/mol. The van der Waals surface area contributed by atoms with Gasteiger partial charge >= 0.3 is 0 Å². The first-order valence-electron chi connectivity index (χ1n) is 9.46. The van der Waals surface area contributed by atoms with Gasteiger partial charge in [0.25, 0.3) is 0 Å². The van der Waals surface area contributed by atoms with Crippen molar-refractivity contribution >= 4 is 5.91 Å². The summed E-state index contributed by atoms with van der Waals surface area (Å²) in [5, 5.41) is 9.63. The van der Waals surface area contributed by atoms with Crippen molar-refractivity contribution in [2.24, 2.45) is 11.7 Å². The van der Waals surface area contributed by atoms with Gasteiger partial charge in [0.1, 0.15) is 0 Å². The summed E-state index contributed by atoms with van der Waals surface area (Å²) in [6.45, 7) is 3.75. The molecule has 134 valence electrons. The molecule has 0 aromatic heterocycles. The lowest BCUT2D eigenvalue weighted by Gasteiger charge is -2.33. The second-order valence-corrected chi connectivity index (χ2v) is 7.63. The number of hydrogen-bond donors (Lipinski definition) is 2. The number of piperidine rings is 1. The average molecular weight is 325 g/mol. The molecule has 3 rings (SSSR count). The van der Waals surface area contributed by atoms with Crippen LogP contribution in [0.1, 0.15) is 57.8 Å². The lowest BCUT2D eigenvalue weighted by atomic mass is 9.96. The number of aliphatic hydroxyl groups excluding tert-OH is 1. The van der Waals surface area contributed by atoms with Gasteiger partial charge in [0.2, 0.25) is 5.91 Å². The van der Waals surface area contributed by atoms with Crippen molar-refractivity contribution in [2.45, 2.75) is 69.9 Å². The fourth-order valence-corrected chi connectivity index (χ4v) is 4.01. The van der Waals surface area contributed by atoms with Crippen LogP contribution in [0.15, 0.2) is 0 Å². The van der Waals surface area contributed by atoms with Crippen molar-refractivity contribution < 1.29 is 9.90 Å². The summed E-state index contributed by atoms with van der Waals surface area (Å²) in [7, 11) is 2.14. The van der Waals surface area contributed by atoms with Gasteiger partial charge in [-0.1, -0.05) is 38.5 Å². The third-order valence-electron chi connectivity index (χ3n) is 5.54. The standard InChI is InChI=1S/C12H23N3O2.C6H12/c1-14-4-2-9(3-5-14)7-15-8-10(16)6-11(15)12(13)17;1-2-4-6-5-3-1/h9-11,16H,2-8H2,1H3,(H2,13,17);1-6H2. The number of likely N-dealkylation sites (tertiary alicyclic amines) is 2. The second-order valence-electron chi connectivity index (χ2n) is 7.63. The smallest absolute Gasteiger partial charge is 0.234 e. The molecule has 0 bridgehead atoms. The van der Waals surface area contributed by atoms with Crippen LogP contribution in [0.3, 0.4) is 0 Å². The van der Waals surface area contributed by atoms with Crippen molar-refractivity contribution in [3.8, 4) is 0 Å². The Morgan fingerprint density at radius 3 is 2.09 bits per heavy atom. The van der Waals surface area contributed by atoms with E-state index in [9.17, 15) is 9.90 Å². The van der Waals surface area contributed by atoms with E-state index >= 15 is 0 Å². The topological polar surface area (TPSA) is 69.8 Å². The maximum Gasteiger partial charge on any atom is 0.234 e. The Morgan fingerprint density at radius 1 is 1.09 bits per heavy atom. The van der Waals surface area contributed by atoms with Crippen molar-refractivity contribution in [3.05, 3.63) is 0 Å². The van der Waals surface area contributed by atoms with Crippen LogP contribution in [0.5, 0.6) is 0 Å². The van der Waals surface area contributed by atoms with Crippen LogP contribution in [0.25, 0.3) is 0 Å². The zero-order valence-corrected chi connectivity index (χ0v) is 14.8. The van der Waals surface area contributed by atoms with E-state index in [1.165, 1.54) is 51.4 Å². The van der Waals surface area contributed by atoms with E-state index in [2.05, 4.69) is 16.8 Å². The number of hydrogen-bond acceptors (Lipinski definition) is 4. The first kappa shape index (κ1) is 18.7. The molecule has 1 amide bonds. The van der Waals surface area contributed by atoms with Crippen LogP contribution in [0.4, 0.5) is 0 Å². The maximum atomic E-state index is 11.3. The lowest BCUT2D eigenvalue weighted by molar-refractivity contribution is -0.122. The quantitative estimate of drug-likeness (QED) is 0.827. The van der Waals surface area contributed by atoms with Crippen LogP contribution in [0, 0.1) is 5.92 Å². The Hall–Kier alpha value is -0.650. The van der Waals surface area contributed by atoms with E-state index in [1.54, 1.807) is 0 Å². The minimum Gasteiger partial charge on any atom is -0.392 e. The molecule has 3 N–H and O–H groups in total. The van der Waals surface area contributed by atoms with Crippen molar-refractivity contribution in [1.29, 1.82) is 0 Å². The Morgan fingerprint density at radius 2 is 1.61 bits per heavy atom. The van der Waals surface area contributed by atoms with Gasteiger partial charge in [0.05, 0.1) is 12.1 Å². The highest BCUT2D eigenvalue weighted by atomic mass is 16.3. The number of amides is 1. The Labute approximate surface area is 141 Å². The van der Waals surface area contributed by atoms with Crippen LogP contribution >= 0.6 is 0 Å². The molecule has 2 atom stereocenters. The summed E-state index contributed by atoms with van der Waals surface area (Å²) >= 11 is 0. The predicted molar refractivity (Wildman–Crippen MR) is 93.1 cm³/mol. The van der Waals surface area contributed by atoms with Gasteiger partial charge in [-0.05, 0) is 45.3 Å². The summed E-state index contributed by atoms with van der Waals surface area (Å²) in [6, 6.07) is -0.260. The van der Waals surface area contributed by atoms with Crippen LogP contribution < -0.4 is 5.73 Å². The fraction of sp³-hybridized carbons (Fsp3) is 0.944. The number of primary amides is 1. The molecule has 3 aliphatic rings. The van der Waals surface area contributed by atoms with Crippen LogP contribution in [0.2, 0.25) is 0 Å². The van der Waals surface area contributed by atoms with Gasteiger partial charge in [-0.15, -0.1) is 0 Å². The minimum atomic E-state index is -0.390. The molecule has 5 nitrogen and oxygen atoms in total. The molecule has 0 spiro atoms. The van der Waals surface area contributed by atoms with Gasteiger partial charge in [0.15, 0.2) is 0 Å². The van der Waals surface area contributed by atoms with Gasteiger partial charge in [0, 0.05) is 13.1 Å². The average Bonchev–Trinajstić information content (AvgIpc) is 2.93. The largest absolute Gasteiger partial charge is 0.392 e. The summed E-state index contributed by atoms with van der Waals surface area (Å²) < 4.78 is 0. The van der Waals surface area contributed by atoms with Gasteiger partial charge in [-0.2, -0.15) is 0 Å². The lowest BCUT2D eigenvalue weighted by Crippen LogP contribution is -2.44. The number of β-amino-alcohol motifs (C(OH)–C–C–N with tert-alkyl or cyclic N) is 1. The molecule has 1 aliphatic carbocycles. The van der Waals surface area contributed by atoms with Gasteiger partial charge in [-0.25, -0.2) is 0 Å². The van der Waals surface area contributed by atoms with Crippen LogP contribution in [-0.4, -0.2) is 66.2 Å². The molecule has 23 heavy (non-hydrogen) atoms. The number of nitrogens with two attached hydrogens (primary N) is 1. The Balaban J connectivity index is 0.000000268. The summed E-state index contributed by atoms with van der Waals surface area (Å²) in [4.78, 5) is 15.7. The van der Waals surface area contributed by atoms with E-state index in [0.29, 0.717) is 18.9 Å². The third-order valence-corrected chi connectivity index (χ3v) is 5.54. The molecule has 5 heteroatoms. The minimum absolute atomic E-state index is 0.260. The Kier molecular flexibility index (Phi) is 7.80. The SMILES string of the molecule is C1CCCCC1.CN1CCC(CN2CC(O)CC2C(N)=O)CC1. The number of carbonyl (C=O) groups is 1. The molecule has 2 aliphatic heterocycles. The number of carbonyl (C=O) groups excluding carboxylic acids is 1. The molecule has 0 aromatic carbocycles. The molecule has 2 heterocycles. The molecule has 0 radical (unpaired) electrons. The highest BCUT2D eigenvalue weighted by Crippen LogP contribution is 2.23. The maximum absolute atomic E-state index is 11.3. The summed E-state index contributed by atoms with van der Waals surface area (Å²) in [5.74, 6) is 0.341. The molecule has 3 fully saturated rings. The van der Waals surface area contributed by atoms with E-state index in [1.807, 2.05) is 0 Å². The van der Waals surface area contributed by atoms with Crippen molar-refractivity contribution in [1.82, 2.24) is 9.80 Å². The monoisotopic (exact) mass is 325 g/mol. The molecular formula is C18H35N3O2. The Bertz CT molecular complexity index is 341. The zero-order chi connectivity index (χ0) is 16.7. The zero-order valence-electron chi connectivity index (χ0n) is 14.8. The number of nitrogens with zero attached hydrogens (tertiary/aromatic N) is 2. The number of aliphatic hydroxyl groups is 1. The molecule has 2 saturated heterocycles.